The summed E-state index contributed by atoms with van der Waals surface area (Å²) in [5.41, 5.74) is 6.81. The van der Waals surface area contributed by atoms with Crippen molar-refractivity contribution in [2.45, 2.75) is 26.3 Å². The minimum atomic E-state index is 0.722. The van der Waals surface area contributed by atoms with Gasteiger partial charge < -0.3 is 20.1 Å². The molecule has 0 bridgehead atoms. The summed E-state index contributed by atoms with van der Waals surface area (Å²) in [5.74, 6) is 1.74. The minimum Gasteiger partial charge on any atom is -0.493 e. The molecule has 0 aromatic heterocycles. The Kier molecular flexibility index (Phi) is 7.65. The maximum Gasteiger partial charge on any atom is 0.165 e. The molecule has 0 radical (unpaired) electrons. The number of benzene rings is 1. The molecule has 1 aromatic rings. The van der Waals surface area contributed by atoms with Gasteiger partial charge in [0.15, 0.2) is 11.5 Å². The van der Waals surface area contributed by atoms with E-state index in [1.54, 1.807) is 7.11 Å². The van der Waals surface area contributed by atoms with Gasteiger partial charge in [-0.25, -0.2) is 0 Å². The van der Waals surface area contributed by atoms with Gasteiger partial charge in [0.25, 0.3) is 0 Å². The maximum absolute atomic E-state index is 5.95. The highest BCUT2D eigenvalue weighted by molar-refractivity contribution is 5.46. The Balaban J connectivity index is 1.95. The minimum absolute atomic E-state index is 0.722. The molecule has 0 amide bonds. The van der Waals surface area contributed by atoms with E-state index < -0.39 is 0 Å². The predicted molar refractivity (Wildman–Crippen MR) is 94.2 cm³/mol. The number of para-hydroxylation sites is 1. The summed E-state index contributed by atoms with van der Waals surface area (Å²) in [7, 11) is 1.70. The fourth-order valence-corrected chi connectivity index (χ4v) is 2.94. The second kappa shape index (κ2) is 9.75. The van der Waals surface area contributed by atoms with Crippen LogP contribution in [0.1, 0.15) is 25.3 Å². The number of hydrogen-bond acceptors (Lipinski definition) is 5. The summed E-state index contributed by atoms with van der Waals surface area (Å²) >= 11 is 0. The van der Waals surface area contributed by atoms with Crippen molar-refractivity contribution in [3.63, 3.8) is 0 Å². The van der Waals surface area contributed by atoms with Crippen molar-refractivity contribution in [1.82, 2.24) is 9.80 Å². The molecule has 0 spiro atoms. The van der Waals surface area contributed by atoms with Crippen LogP contribution in [0.4, 0.5) is 0 Å². The largest absolute Gasteiger partial charge is 0.493 e. The topological polar surface area (TPSA) is 51.0 Å². The van der Waals surface area contributed by atoms with Crippen LogP contribution in [0.5, 0.6) is 11.5 Å². The normalized spacial score (nSPS) is 16.5. The van der Waals surface area contributed by atoms with Gasteiger partial charge in [0.1, 0.15) is 0 Å². The number of hydrogen-bond donors (Lipinski definition) is 1. The van der Waals surface area contributed by atoms with Gasteiger partial charge in [-0.3, -0.25) is 4.90 Å². The van der Waals surface area contributed by atoms with Crippen LogP contribution in [0, 0.1) is 0 Å². The van der Waals surface area contributed by atoms with Crippen molar-refractivity contribution in [2.75, 3.05) is 53.0 Å². The zero-order valence-electron chi connectivity index (χ0n) is 14.6. The first-order valence-electron chi connectivity index (χ1n) is 8.72. The zero-order valence-corrected chi connectivity index (χ0v) is 14.6. The molecule has 5 heteroatoms. The maximum atomic E-state index is 5.95. The van der Waals surface area contributed by atoms with E-state index in [9.17, 15) is 0 Å². The van der Waals surface area contributed by atoms with Crippen LogP contribution in [-0.2, 0) is 6.54 Å². The van der Waals surface area contributed by atoms with Gasteiger partial charge in [-0.15, -0.1) is 0 Å². The summed E-state index contributed by atoms with van der Waals surface area (Å²) in [5, 5.41) is 0. The second-order valence-corrected chi connectivity index (χ2v) is 6.06. The molecule has 1 fully saturated rings. The third-order valence-corrected chi connectivity index (χ3v) is 4.27. The lowest BCUT2D eigenvalue weighted by molar-refractivity contribution is 0.125. The number of nitrogens with two attached hydrogens (primary N) is 1. The first-order valence-corrected chi connectivity index (χ1v) is 8.72. The molecule has 0 unspecified atom stereocenters. The van der Waals surface area contributed by atoms with E-state index in [-0.39, 0.29) is 0 Å². The molecule has 1 aliphatic heterocycles. The van der Waals surface area contributed by atoms with Crippen LogP contribution in [-0.4, -0.2) is 62.8 Å². The third-order valence-electron chi connectivity index (χ3n) is 4.27. The van der Waals surface area contributed by atoms with Gasteiger partial charge in [-0.2, -0.15) is 0 Å². The van der Waals surface area contributed by atoms with Gasteiger partial charge in [-0.05, 0) is 32.0 Å². The summed E-state index contributed by atoms with van der Waals surface area (Å²) < 4.78 is 11.4. The fourth-order valence-electron chi connectivity index (χ4n) is 2.94. The molecular weight excluding hydrogens is 290 g/mol. The van der Waals surface area contributed by atoms with Gasteiger partial charge >= 0.3 is 0 Å². The number of ether oxygens (including phenoxy) is 2. The van der Waals surface area contributed by atoms with E-state index in [2.05, 4.69) is 22.8 Å². The molecule has 1 aliphatic rings. The van der Waals surface area contributed by atoms with Crippen molar-refractivity contribution in [1.29, 1.82) is 0 Å². The van der Waals surface area contributed by atoms with E-state index in [1.165, 1.54) is 5.56 Å². The van der Waals surface area contributed by atoms with Gasteiger partial charge in [0.2, 0.25) is 0 Å². The highest BCUT2D eigenvalue weighted by atomic mass is 16.5. The smallest absolute Gasteiger partial charge is 0.165 e. The van der Waals surface area contributed by atoms with Crippen molar-refractivity contribution in [3.8, 4) is 11.5 Å². The van der Waals surface area contributed by atoms with Crippen molar-refractivity contribution < 1.29 is 9.47 Å². The average molecular weight is 321 g/mol. The Morgan fingerprint density at radius 1 is 1.13 bits per heavy atom. The Labute approximate surface area is 140 Å². The highest BCUT2D eigenvalue weighted by Crippen LogP contribution is 2.32. The molecule has 23 heavy (non-hydrogen) atoms. The van der Waals surface area contributed by atoms with Gasteiger partial charge in [0, 0.05) is 38.3 Å². The molecule has 130 valence electrons. The van der Waals surface area contributed by atoms with Crippen molar-refractivity contribution in [2.24, 2.45) is 5.73 Å². The van der Waals surface area contributed by atoms with Crippen molar-refractivity contribution >= 4 is 0 Å². The molecule has 2 rings (SSSR count). The van der Waals surface area contributed by atoms with E-state index in [0.717, 1.165) is 76.8 Å². The highest BCUT2D eigenvalue weighted by Gasteiger charge is 2.19. The Hall–Kier alpha value is -1.30. The molecule has 5 nitrogen and oxygen atoms in total. The first kappa shape index (κ1) is 18.0. The van der Waals surface area contributed by atoms with Crippen molar-refractivity contribution in [3.05, 3.63) is 23.8 Å². The first-order chi connectivity index (χ1) is 11.3. The van der Waals surface area contributed by atoms with E-state index in [0.29, 0.717) is 0 Å². The lowest BCUT2D eigenvalue weighted by Gasteiger charge is -2.35. The lowest BCUT2D eigenvalue weighted by Crippen LogP contribution is -2.46. The van der Waals surface area contributed by atoms with Gasteiger partial charge in [-0.1, -0.05) is 19.1 Å². The molecule has 1 heterocycles. The quantitative estimate of drug-likeness (QED) is 0.753. The zero-order chi connectivity index (χ0) is 16.5. The van der Waals surface area contributed by atoms with E-state index >= 15 is 0 Å². The molecule has 0 saturated carbocycles. The standard InChI is InChI=1S/C18H31N3O2/c1-3-14-23-18-16(6-4-7-17(18)22-2)15-21-12-10-20(11-13-21)9-5-8-19/h4,6-7H,3,5,8-15,19H2,1-2H3. The van der Waals surface area contributed by atoms with E-state index in [4.69, 9.17) is 15.2 Å². The SMILES string of the molecule is CCCOc1c(CN2CCN(CCCN)CC2)cccc1OC. The number of nitrogens with zero attached hydrogens (tertiary/aromatic N) is 2. The summed E-state index contributed by atoms with van der Waals surface area (Å²) in [6.07, 6.45) is 2.09. The van der Waals surface area contributed by atoms with Gasteiger partial charge in [0.05, 0.1) is 13.7 Å². The molecule has 1 aromatic carbocycles. The summed E-state index contributed by atoms with van der Waals surface area (Å²) in [6, 6.07) is 6.16. The predicted octanol–water partition coefficient (Wildman–Crippen LogP) is 1.95. The number of rotatable bonds is 9. The van der Waals surface area contributed by atoms with Crippen LogP contribution in [0.15, 0.2) is 18.2 Å². The molecule has 1 saturated heterocycles. The molecule has 0 aliphatic carbocycles. The lowest BCUT2D eigenvalue weighted by atomic mass is 10.1. The van der Waals surface area contributed by atoms with Crippen LogP contribution < -0.4 is 15.2 Å². The summed E-state index contributed by atoms with van der Waals surface area (Å²) in [6.45, 7) is 10.1. The second-order valence-electron chi connectivity index (χ2n) is 6.06. The molecular formula is C18H31N3O2. The van der Waals surface area contributed by atoms with Crippen LogP contribution in [0.2, 0.25) is 0 Å². The average Bonchev–Trinajstić information content (AvgIpc) is 2.59. The van der Waals surface area contributed by atoms with E-state index in [1.807, 2.05) is 12.1 Å². The Bertz CT molecular complexity index is 460. The Morgan fingerprint density at radius 3 is 2.52 bits per heavy atom. The fraction of sp³-hybridized carbons (Fsp3) is 0.667. The monoisotopic (exact) mass is 321 g/mol. The molecule has 0 atom stereocenters. The Morgan fingerprint density at radius 2 is 1.87 bits per heavy atom. The van der Waals surface area contributed by atoms with Crippen LogP contribution >= 0.6 is 0 Å². The summed E-state index contributed by atoms with van der Waals surface area (Å²) in [4.78, 5) is 5.00. The van der Waals surface area contributed by atoms with Crippen LogP contribution in [0.3, 0.4) is 0 Å². The number of methoxy groups -OCH3 is 1. The number of piperazine rings is 1. The molecule has 2 N–H and O–H groups in total. The van der Waals surface area contributed by atoms with Crippen LogP contribution in [0.25, 0.3) is 0 Å². The third kappa shape index (κ3) is 5.37.